The number of Topliss-reactive ketones (excluding diaryl/α,β-unsaturated/α-hetero) is 1. The van der Waals surface area contributed by atoms with Crippen molar-refractivity contribution in [3.63, 3.8) is 0 Å². The number of thiophene rings is 1. The van der Waals surface area contributed by atoms with Gasteiger partial charge in [-0.25, -0.2) is 0 Å². The van der Waals surface area contributed by atoms with Gasteiger partial charge >= 0.3 is 0 Å². The molecule has 6 aromatic rings. The van der Waals surface area contributed by atoms with E-state index in [-0.39, 0.29) is 11.7 Å². The molecule has 0 atom stereocenters. The highest BCUT2D eigenvalue weighted by molar-refractivity contribution is 7.17. The van der Waals surface area contributed by atoms with E-state index in [4.69, 9.17) is 0 Å². The minimum atomic E-state index is 0.0505. The Morgan fingerprint density at radius 1 is 0.929 bits per heavy atom. The summed E-state index contributed by atoms with van der Waals surface area (Å²) in [6.45, 7) is 1.58. The molecule has 1 aromatic carbocycles. The van der Waals surface area contributed by atoms with Gasteiger partial charge in [0.15, 0.2) is 5.78 Å². The van der Waals surface area contributed by atoms with Gasteiger partial charge in [-0.15, -0.1) is 11.3 Å². The number of aromatic amines is 2. The molecule has 1 saturated carbocycles. The van der Waals surface area contributed by atoms with Crippen LogP contribution in [0.5, 0.6) is 0 Å². The molecule has 0 spiro atoms. The minimum absolute atomic E-state index is 0.0505. The Morgan fingerprint density at radius 2 is 1.79 bits per heavy atom. The van der Waals surface area contributed by atoms with Gasteiger partial charge in [-0.05, 0) is 73.7 Å². The van der Waals surface area contributed by atoms with Crippen LogP contribution in [0.1, 0.15) is 55.1 Å². The Balaban J connectivity index is 1.19. The molecular formula is C33H30N6O2S. The lowest BCUT2D eigenvalue weighted by molar-refractivity contribution is -0.117. The summed E-state index contributed by atoms with van der Waals surface area (Å²) in [5.74, 6) is 0.590. The first kappa shape index (κ1) is 26.3. The summed E-state index contributed by atoms with van der Waals surface area (Å²) >= 11 is 1.45. The number of pyridine rings is 2. The normalized spacial score (nSPS) is 14.0. The third-order valence-corrected chi connectivity index (χ3v) is 9.30. The van der Waals surface area contributed by atoms with Crippen LogP contribution >= 0.6 is 11.3 Å². The van der Waals surface area contributed by atoms with E-state index in [0.717, 1.165) is 67.7 Å². The van der Waals surface area contributed by atoms with Crippen molar-refractivity contribution in [3.8, 4) is 33.1 Å². The maximum atomic E-state index is 12.7. The zero-order valence-electron chi connectivity index (χ0n) is 23.2. The van der Waals surface area contributed by atoms with Crippen LogP contribution < -0.4 is 5.32 Å². The fraction of sp³-hybridized carbons (Fsp3) is 0.242. The lowest BCUT2D eigenvalue weighted by atomic mass is 9.87. The molecule has 210 valence electrons. The number of nitrogens with zero attached hydrogens (tertiary/aromatic N) is 3. The maximum Gasteiger partial charge on any atom is 0.224 e. The molecular weight excluding hydrogens is 544 g/mol. The number of aromatic nitrogens is 5. The van der Waals surface area contributed by atoms with E-state index in [1.807, 2.05) is 42.6 Å². The van der Waals surface area contributed by atoms with Crippen molar-refractivity contribution in [3.05, 3.63) is 72.0 Å². The quantitative estimate of drug-likeness (QED) is 0.167. The molecule has 1 aliphatic rings. The molecule has 1 amide bonds. The fourth-order valence-corrected chi connectivity index (χ4v) is 6.87. The van der Waals surface area contributed by atoms with Crippen LogP contribution in [0.25, 0.3) is 54.9 Å². The van der Waals surface area contributed by atoms with Gasteiger partial charge < -0.3 is 10.3 Å². The molecule has 3 N–H and O–H groups in total. The highest BCUT2D eigenvalue weighted by Gasteiger charge is 2.18. The first-order valence-corrected chi connectivity index (χ1v) is 15.2. The summed E-state index contributed by atoms with van der Waals surface area (Å²) in [6, 6.07) is 15.9. The van der Waals surface area contributed by atoms with E-state index in [1.165, 1.54) is 30.6 Å². The summed E-state index contributed by atoms with van der Waals surface area (Å²) in [5, 5.41) is 12.8. The number of carbonyl (C=O) groups is 2. The Morgan fingerprint density at radius 3 is 2.62 bits per heavy atom. The van der Waals surface area contributed by atoms with E-state index >= 15 is 0 Å². The van der Waals surface area contributed by atoms with E-state index in [1.54, 1.807) is 19.3 Å². The second-order valence-electron chi connectivity index (χ2n) is 11.1. The molecule has 9 heteroatoms. The van der Waals surface area contributed by atoms with Gasteiger partial charge in [-0.2, -0.15) is 5.10 Å². The van der Waals surface area contributed by atoms with Gasteiger partial charge in [0.2, 0.25) is 5.91 Å². The summed E-state index contributed by atoms with van der Waals surface area (Å²) in [7, 11) is 0. The van der Waals surface area contributed by atoms with Crippen LogP contribution in [-0.4, -0.2) is 36.8 Å². The van der Waals surface area contributed by atoms with Crippen molar-refractivity contribution >= 4 is 50.5 Å². The number of nitrogens with one attached hydrogen (secondary N) is 3. The van der Waals surface area contributed by atoms with Gasteiger partial charge in [0.25, 0.3) is 0 Å². The van der Waals surface area contributed by atoms with Crippen LogP contribution in [0.15, 0.2) is 67.1 Å². The summed E-state index contributed by atoms with van der Waals surface area (Å²) in [5.41, 5.74) is 6.97. The van der Waals surface area contributed by atoms with Crippen molar-refractivity contribution in [2.24, 2.45) is 5.92 Å². The van der Waals surface area contributed by atoms with Crippen LogP contribution in [0.4, 0.5) is 5.69 Å². The molecule has 8 nitrogen and oxygen atoms in total. The average Bonchev–Trinajstić information content (AvgIpc) is 3.75. The van der Waals surface area contributed by atoms with Crippen molar-refractivity contribution in [1.29, 1.82) is 0 Å². The third-order valence-electron chi connectivity index (χ3n) is 8.11. The van der Waals surface area contributed by atoms with Crippen LogP contribution in [0.2, 0.25) is 0 Å². The number of ketones is 1. The lowest BCUT2D eigenvalue weighted by Gasteiger charge is -2.20. The van der Waals surface area contributed by atoms with Gasteiger partial charge in [-0.3, -0.25) is 24.7 Å². The largest absolute Gasteiger partial charge is 0.353 e. The molecule has 0 aliphatic heterocycles. The SMILES string of the molecule is CC(=O)c1ccc(-c2nccc3[nH]c(-c4n[nH]c5ccc(-c6cncc(NC(=O)CC7CCCCC7)c6)cc45)cc23)s1. The van der Waals surface area contributed by atoms with Crippen molar-refractivity contribution in [1.82, 2.24) is 25.1 Å². The molecule has 0 radical (unpaired) electrons. The fourth-order valence-electron chi connectivity index (χ4n) is 5.96. The number of H-pyrrole nitrogens is 2. The number of fused-ring (bicyclic) bond motifs is 2. The van der Waals surface area contributed by atoms with E-state index in [2.05, 4.69) is 42.6 Å². The van der Waals surface area contributed by atoms with Crippen molar-refractivity contribution < 1.29 is 9.59 Å². The standard InChI is InChI=1S/C33H30N6O2S/c1-19(40)29-9-10-30(42-29)33-25-16-28(37-26(25)11-12-35-33)32-24-15-21(7-8-27(24)38-39-32)22-14-23(18-34-17-22)36-31(41)13-20-5-3-2-4-6-20/h7-12,14-18,20,37H,2-6,13H2,1H3,(H,36,41)(H,38,39). The molecule has 1 aliphatic carbocycles. The Hall–Kier alpha value is -4.63. The molecule has 7 rings (SSSR count). The molecule has 0 saturated heterocycles. The highest BCUT2D eigenvalue weighted by Crippen LogP contribution is 2.36. The zero-order valence-corrected chi connectivity index (χ0v) is 24.1. The number of benzene rings is 1. The maximum absolute atomic E-state index is 12.7. The minimum Gasteiger partial charge on any atom is -0.353 e. The van der Waals surface area contributed by atoms with Gasteiger partial charge in [0, 0.05) is 40.7 Å². The Labute approximate surface area is 246 Å². The molecule has 5 aromatic heterocycles. The monoisotopic (exact) mass is 574 g/mol. The molecule has 0 unspecified atom stereocenters. The topological polar surface area (TPSA) is 116 Å². The third kappa shape index (κ3) is 5.12. The number of hydrogen-bond donors (Lipinski definition) is 3. The van der Waals surface area contributed by atoms with Crippen LogP contribution in [0, 0.1) is 5.92 Å². The Kier molecular flexibility index (Phi) is 6.87. The summed E-state index contributed by atoms with van der Waals surface area (Å²) in [4.78, 5) is 38.8. The molecule has 0 bridgehead atoms. The number of anilines is 1. The van der Waals surface area contributed by atoms with Gasteiger partial charge in [-0.1, -0.05) is 25.3 Å². The van der Waals surface area contributed by atoms with Crippen molar-refractivity contribution in [2.75, 3.05) is 5.32 Å². The zero-order chi connectivity index (χ0) is 28.6. The number of carbonyl (C=O) groups excluding carboxylic acids is 2. The van der Waals surface area contributed by atoms with Crippen LogP contribution in [0.3, 0.4) is 0 Å². The summed E-state index contributed by atoms with van der Waals surface area (Å²) in [6.07, 6.45) is 11.9. The number of amides is 1. The van der Waals surface area contributed by atoms with E-state index in [0.29, 0.717) is 22.9 Å². The van der Waals surface area contributed by atoms with E-state index < -0.39 is 0 Å². The highest BCUT2D eigenvalue weighted by atomic mass is 32.1. The second kappa shape index (κ2) is 11.0. The predicted molar refractivity (Wildman–Crippen MR) is 168 cm³/mol. The Bertz CT molecular complexity index is 1940. The van der Waals surface area contributed by atoms with Gasteiger partial charge in [0.1, 0.15) is 5.69 Å². The van der Waals surface area contributed by atoms with Crippen LogP contribution in [-0.2, 0) is 4.79 Å². The molecule has 5 heterocycles. The predicted octanol–water partition coefficient (Wildman–Crippen LogP) is 8.01. The smallest absolute Gasteiger partial charge is 0.224 e. The summed E-state index contributed by atoms with van der Waals surface area (Å²) < 4.78 is 0. The van der Waals surface area contributed by atoms with Gasteiger partial charge in [0.05, 0.1) is 38.5 Å². The second-order valence-corrected chi connectivity index (χ2v) is 12.2. The average molecular weight is 575 g/mol. The van der Waals surface area contributed by atoms with E-state index in [9.17, 15) is 9.59 Å². The van der Waals surface area contributed by atoms with Crippen molar-refractivity contribution in [2.45, 2.75) is 45.4 Å². The number of rotatable bonds is 7. The lowest BCUT2D eigenvalue weighted by Crippen LogP contribution is -2.18. The first-order chi connectivity index (χ1) is 20.5. The number of hydrogen-bond acceptors (Lipinski definition) is 6. The molecule has 42 heavy (non-hydrogen) atoms. The first-order valence-electron chi connectivity index (χ1n) is 14.3. The molecule has 1 fully saturated rings.